The van der Waals surface area contributed by atoms with Crippen molar-refractivity contribution < 1.29 is 19.2 Å². The predicted octanol–water partition coefficient (Wildman–Crippen LogP) is 7.66. The van der Waals surface area contributed by atoms with Gasteiger partial charge in [0.1, 0.15) is 5.78 Å². The first-order chi connectivity index (χ1) is 28.5. The van der Waals surface area contributed by atoms with Crippen LogP contribution in [0.2, 0.25) is 0 Å². The number of rotatable bonds is 37. The first-order valence-corrected chi connectivity index (χ1v) is 24.4. The Hall–Kier alpha value is -2.12. The Morgan fingerprint density at radius 2 is 0.767 bits per heavy atom. The lowest BCUT2D eigenvalue weighted by Crippen LogP contribution is -2.27. The number of amides is 3. The second-order valence-electron chi connectivity index (χ2n) is 18.4. The summed E-state index contributed by atoms with van der Waals surface area (Å²) in [4.78, 5) is 46.6. The highest BCUT2D eigenvalue weighted by Gasteiger charge is 2.14. The van der Waals surface area contributed by atoms with E-state index in [1.807, 2.05) is 14.0 Å². The van der Waals surface area contributed by atoms with Gasteiger partial charge in [-0.05, 0) is 127 Å². The van der Waals surface area contributed by atoms with E-state index in [2.05, 4.69) is 107 Å². The second-order valence-corrected chi connectivity index (χ2v) is 18.4. The first kappa shape index (κ1) is 62.2. The molecule has 0 saturated carbocycles. The average molecular weight is 855 g/mol. The minimum atomic E-state index is 0.177. The van der Waals surface area contributed by atoms with Gasteiger partial charge in [0.25, 0.3) is 0 Å². The largest absolute Gasteiger partial charge is 0.356 e. The van der Waals surface area contributed by atoms with Gasteiger partial charge in [-0.2, -0.15) is 0 Å². The number of nitrogens with one attached hydrogen (secondary N) is 7. The topological polar surface area (TPSA) is 179 Å². The number of carbonyl (C=O) groups excluding carboxylic acids is 4. The zero-order valence-corrected chi connectivity index (χ0v) is 41.4. The van der Waals surface area contributed by atoms with Gasteiger partial charge >= 0.3 is 0 Å². The van der Waals surface area contributed by atoms with Crippen molar-refractivity contribution in [1.82, 2.24) is 37.3 Å². The Balaban J connectivity index is -0.000000835. The molecule has 0 bridgehead atoms. The highest BCUT2D eigenvalue weighted by atomic mass is 16.2. The van der Waals surface area contributed by atoms with Crippen molar-refractivity contribution in [2.24, 2.45) is 41.4 Å². The zero-order chi connectivity index (χ0) is 46.0. The molecule has 0 aromatic heterocycles. The maximum absolute atomic E-state index is 11.8. The van der Waals surface area contributed by atoms with Crippen molar-refractivity contribution >= 4 is 23.5 Å². The molecule has 3 amide bonds. The van der Waals surface area contributed by atoms with E-state index in [1.165, 1.54) is 25.7 Å². The van der Waals surface area contributed by atoms with Crippen LogP contribution in [0.15, 0.2) is 0 Å². The summed E-state index contributed by atoms with van der Waals surface area (Å²) in [6.45, 7) is 31.0. The molecule has 0 saturated heterocycles. The third kappa shape index (κ3) is 46.9. The van der Waals surface area contributed by atoms with Crippen LogP contribution >= 0.6 is 0 Å². The number of unbranched alkanes of at least 4 members (excludes halogenated alkanes) is 7. The zero-order valence-electron chi connectivity index (χ0n) is 41.4. The molecule has 0 aliphatic rings. The summed E-state index contributed by atoms with van der Waals surface area (Å²) in [5.41, 5.74) is 2.62. The van der Waals surface area contributed by atoms with Crippen LogP contribution in [0.3, 0.4) is 0 Å². The fraction of sp³-hybridized carbons (Fsp3) is 0.917. The molecule has 4 unspecified atom stereocenters. The molecule has 0 radical (unpaired) electrons. The van der Waals surface area contributed by atoms with Crippen LogP contribution < -0.4 is 43.2 Å². The van der Waals surface area contributed by atoms with E-state index in [0.29, 0.717) is 73.4 Å². The number of hydrogen-bond donors (Lipinski definition) is 8. The summed E-state index contributed by atoms with van der Waals surface area (Å²) in [5, 5.41) is 18.9. The molecule has 0 spiro atoms. The second kappa shape index (κ2) is 44.9. The number of Topliss-reactive ketones (excluding diaryl/α,β-unsaturated/α-hetero) is 1. The molecule has 0 fully saturated rings. The van der Waals surface area contributed by atoms with Gasteiger partial charge in [-0.1, -0.05) is 94.9 Å². The number of nitrogens with two attached hydrogens (primary N) is 1. The summed E-state index contributed by atoms with van der Waals surface area (Å²) in [7, 11) is 1.89. The normalized spacial score (nSPS) is 13.1. The van der Waals surface area contributed by atoms with E-state index in [9.17, 15) is 19.2 Å². The van der Waals surface area contributed by atoms with Crippen LogP contribution in [0.5, 0.6) is 0 Å². The molecule has 0 rings (SSSR count). The van der Waals surface area contributed by atoms with E-state index in [1.54, 1.807) is 0 Å². The quantitative estimate of drug-likeness (QED) is 0.0177. The van der Waals surface area contributed by atoms with Gasteiger partial charge in [0.15, 0.2) is 0 Å². The Labute approximate surface area is 371 Å². The van der Waals surface area contributed by atoms with Crippen molar-refractivity contribution in [2.45, 2.75) is 191 Å². The molecule has 0 aliphatic carbocycles. The van der Waals surface area contributed by atoms with Gasteiger partial charge in [0.2, 0.25) is 17.7 Å². The number of ketones is 1. The third-order valence-electron chi connectivity index (χ3n) is 11.5. The van der Waals surface area contributed by atoms with Gasteiger partial charge < -0.3 is 31.9 Å². The smallest absolute Gasteiger partial charge is 0.220 e. The molecule has 12 nitrogen and oxygen atoms in total. The van der Waals surface area contributed by atoms with Crippen LogP contribution in [-0.2, 0) is 19.2 Å². The van der Waals surface area contributed by atoms with E-state index in [4.69, 9.17) is 5.84 Å². The van der Waals surface area contributed by atoms with Crippen LogP contribution in [0.1, 0.15) is 185 Å². The van der Waals surface area contributed by atoms with Gasteiger partial charge in [0.05, 0.1) is 0 Å². The summed E-state index contributed by atoms with van der Waals surface area (Å²) >= 11 is 0. The highest BCUT2D eigenvalue weighted by Crippen LogP contribution is 2.15. The Morgan fingerprint density at radius 1 is 0.433 bits per heavy atom. The lowest BCUT2D eigenvalue weighted by Gasteiger charge is -2.14. The third-order valence-corrected chi connectivity index (χ3v) is 11.5. The number of hydrazine groups is 1. The standard InChI is InChI=1S/C20H41N3O2.C16H34N2O.C12H27N3O/c1-16(2)17(3)14-20(25)23-13-8-6-7-11-22-12-9-10-19(24)15-18(4)21-5;1-5-6-10-17-11-8-7-9-12-18-16(19)13-15(4)14(2)3;1-10(2)11(3)9-12(16)14-7-5-4-6-8-15-13/h16-18,21-22H,6-15H2,1-5H3,(H,23,25);14-15,17H,5-13H2,1-4H3,(H,18,19);10-11,15H,4-9,13H2,1-3H3,(H,14,16). The highest BCUT2D eigenvalue weighted by molar-refractivity contribution is 5.79. The lowest BCUT2D eigenvalue weighted by atomic mass is 9.94. The van der Waals surface area contributed by atoms with Gasteiger partial charge in [-0.25, -0.2) is 0 Å². The van der Waals surface area contributed by atoms with Gasteiger partial charge in [-0.3, -0.25) is 30.4 Å². The van der Waals surface area contributed by atoms with Crippen molar-refractivity contribution in [3.8, 4) is 0 Å². The van der Waals surface area contributed by atoms with Gasteiger partial charge in [-0.15, -0.1) is 0 Å². The maximum atomic E-state index is 11.8. The summed E-state index contributed by atoms with van der Waals surface area (Å²) < 4.78 is 0. The van der Waals surface area contributed by atoms with Gasteiger partial charge in [0, 0.05) is 64.3 Å². The molecule has 60 heavy (non-hydrogen) atoms. The fourth-order valence-electron chi connectivity index (χ4n) is 5.62. The molecule has 0 aromatic carbocycles. The summed E-state index contributed by atoms with van der Waals surface area (Å²) in [5.74, 6) is 9.15. The van der Waals surface area contributed by atoms with Crippen molar-refractivity contribution in [2.75, 3.05) is 59.4 Å². The Bertz CT molecular complexity index is 997. The first-order valence-electron chi connectivity index (χ1n) is 24.4. The molecule has 4 atom stereocenters. The van der Waals surface area contributed by atoms with E-state index in [0.717, 1.165) is 104 Å². The SMILES string of the molecule is CC(C)C(C)CC(=O)NCCCCCNN.CCCCNCCCCCNC(=O)CC(C)C(C)C.CNC(C)CC(=O)CCCNCCCCCNC(=O)CC(C)C(C)C. The molecular weight excluding hydrogens is 753 g/mol. The van der Waals surface area contributed by atoms with Crippen LogP contribution in [0.4, 0.5) is 0 Å². The number of carbonyl (C=O) groups is 4. The Morgan fingerprint density at radius 3 is 1.10 bits per heavy atom. The number of hydrogen-bond acceptors (Lipinski definition) is 9. The molecule has 0 aromatic rings. The summed E-state index contributed by atoms with van der Waals surface area (Å²) in [6, 6.07) is 0.273. The van der Waals surface area contributed by atoms with Crippen LogP contribution in [-0.4, -0.2) is 89.0 Å². The Kier molecular flexibility index (Phi) is 46.5. The van der Waals surface area contributed by atoms with E-state index < -0.39 is 0 Å². The fourth-order valence-corrected chi connectivity index (χ4v) is 5.62. The minimum absolute atomic E-state index is 0.177. The monoisotopic (exact) mass is 855 g/mol. The van der Waals surface area contributed by atoms with E-state index >= 15 is 0 Å². The summed E-state index contributed by atoms with van der Waals surface area (Å²) in [6.07, 6.45) is 16.6. The molecular formula is C48H102N8O4. The maximum Gasteiger partial charge on any atom is 0.220 e. The van der Waals surface area contributed by atoms with Crippen molar-refractivity contribution in [1.29, 1.82) is 0 Å². The van der Waals surface area contributed by atoms with Crippen molar-refractivity contribution in [3.63, 3.8) is 0 Å². The predicted molar refractivity (Wildman–Crippen MR) is 257 cm³/mol. The molecule has 0 heterocycles. The van der Waals surface area contributed by atoms with Crippen LogP contribution in [0.25, 0.3) is 0 Å². The molecule has 9 N–H and O–H groups in total. The molecule has 0 aliphatic heterocycles. The lowest BCUT2D eigenvalue weighted by molar-refractivity contribution is -0.123. The average Bonchev–Trinajstić information content (AvgIpc) is 3.19. The molecule has 358 valence electrons. The van der Waals surface area contributed by atoms with Crippen LogP contribution in [0, 0.1) is 35.5 Å². The minimum Gasteiger partial charge on any atom is -0.356 e. The molecule has 12 heteroatoms. The van der Waals surface area contributed by atoms with Crippen molar-refractivity contribution in [3.05, 3.63) is 0 Å². The van der Waals surface area contributed by atoms with E-state index in [-0.39, 0.29) is 23.8 Å².